The van der Waals surface area contributed by atoms with Crippen LogP contribution in [0.3, 0.4) is 0 Å². The third-order valence-electron chi connectivity index (χ3n) is 2.87. The fourth-order valence-electron chi connectivity index (χ4n) is 1.80. The van der Waals surface area contributed by atoms with Gasteiger partial charge in [0.05, 0.1) is 13.7 Å². The molecule has 0 fully saturated rings. The molecule has 0 aliphatic heterocycles. The molecular weight excluding hydrogens is 238 g/mol. The van der Waals surface area contributed by atoms with Crippen molar-refractivity contribution in [2.24, 2.45) is 0 Å². The molecule has 0 aromatic heterocycles. The van der Waals surface area contributed by atoms with Crippen molar-refractivity contribution in [1.29, 1.82) is 0 Å². The number of ketones is 1. The van der Waals surface area contributed by atoms with Gasteiger partial charge in [-0.1, -0.05) is 30.3 Å². The summed E-state index contributed by atoms with van der Waals surface area (Å²) in [4.78, 5) is 11.9. The molecule has 0 saturated carbocycles. The van der Waals surface area contributed by atoms with Gasteiger partial charge in [-0.2, -0.15) is 0 Å². The monoisotopic (exact) mass is 255 g/mol. The van der Waals surface area contributed by atoms with Gasteiger partial charge < -0.3 is 10.1 Å². The van der Waals surface area contributed by atoms with Gasteiger partial charge in [0, 0.05) is 12.1 Å². The zero-order chi connectivity index (χ0) is 13.5. The van der Waals surface area contributed by atoms with Crippen LogP contribution in [-0.4, -0.2) is 19.4 Å². The molecule has 0 aliphatic carbocycles. The number of Topliss-reactive ketones (excluding diaryl/α,β-unsaturated/α-hetero) is 1. The Bertz CT molecular complexity index is 520. The SMILES string of the molecule is COc1ccc(C(=O)CNCc2ccccc2)cc1. The van der Waals surface area contributed by atoms with E-state index in [0.29, 0.717) is 18.7 Å². The van der Waals surface area contributed by atoms with Crippen LogP contribution >= 0.6 is 0 Å². The smallest absolute Gasteiger partial charge is 0.176 e. The van der Waals surface area contributed by atoms with Crippen molar-refractivity contribution in [2.75, 3.05) is 13.7 Å². The van der Waals surface area contributed by atoms with E-state index in [4.69, 9.17) is 4.74 Å². The lowest BCUT2D eigenvalue weighted by atomic mass is 10.1. The van der Waals surface area contributed by atoms with E-state index in [1.807, 2.05) is 30.3 Å². The highest BCUT2D eigenvalue weighted by molar-refractivity contribution is 5.97. The summed E-state index contributed by atoms with van der Waals surface area (Å²) in [7, 11) is 1.61. The number of hydrogen-bond acceptors (Lipinski definition) is 3. The molecule has 0 saturated heterocycles. The lowest BCUT2D eigenvalue weighted by molar-refractivity contribution is 0.0991. The maximum absolute atomic E-state index is 11.9. The number of carbonyl (C=O) groups is 1. The van der Waals surface area contributed by atoms with Crippen molar-refractivity contribution in [3.63, 3.8) is 0 Å². The topological polar surface area (TPSA) is 38.3 Å². The molecule has 19 heavy (non-hydrogen) atoms. The second-order valence-electron chi connectivity index (χ2n) is 4.24. The van der Waals surface area contributed by atoms with Crippen LogP contribution in [0.2, 0.25) is 0 Å². The standard InChI is InChI=1S/C16H17NO2/c1-19-15-9-7-14(8-10-15)16(18)12-17-11-13-5-3-2-4-6-13/h2-10,17H,11-12H2,1H3. The molecule has 3 heteroatoms. The predicted molar refractivity (Wildman–Crippen MR) is 75.5 cm³/mol. The van der Waals surface area contributed by atoms with E-state index in [1.165, 1.54) is 5.56 Å². The van der Waals surface area contributed by atoms with Gasteiger partial charge in [-0.25, -0.2) is 0 Å². The number of nitrogens with one attached hydrogen (secondary N) is 1. The number of benzene rings is 2. The van der Waals surface area contributed by atoms with Gasteiger partial charge in [-0.15, -0.1) is 0 Å². The predicted octanol–water partition coefficient (Wildman–Crippen LogP) is 2.67. The van der Waals surface area contributed by atoms with E-state index in [-0.39, 0.29) is 5.78 Å². The molecule has 0 heterocycles. The lowest BCUT2D eigenvalue weighted by Crippen LogP contribution is -2.22. The first-order chi connectivity index (χ1) is 9.29. The number of ether oxygens (including phenoxy) is 1. The molecule has 2 aromatic carbocycles. The van der Waals surface area contributed by atoms with Crippen LogP contribution in [0.1, 0.15) is 15.9 Å². The Morgan fingerprint density at radius 3 is 2.37 bits per heavy atom. The summed E-state index contributed by atoms with van der Waals surface area (Å²) in [5, 5.41) is 3.15. The summed E-state index contributed by atoms with van der Waals surface area (Å²) in [6.07, 6.45) is 0. The van der Waals surface area contributed by atoms with E-state index >= 15 is 0 Å². The van der Waals surface area contributed by atoms with Gasteiger partial charge in [0.25, 0.3) is 0 Å². The first-order valence-corrected chi connectivity index (χ1v) is 6.21. The maximum Gasteiger partial charge on any atom is 0.176 e. The van der Waals surface area contributed by atoms with Gasteiger partial charge in [0.2, 0.25) is 0 Å². The zero-order valence-electron chi connectivity index (χ0n) is 10.9. The highest BCUT2D eigenvalue weighted by Crippen LogP contribution is 2.11. The molecule has 0 unspecified atom stereocenters. The van der Waals surface area contributed by atoms with Gasteiger partial charge in [-0.05, 0) is 29.8 Å². The van der Waals surface area contributed by atoms with Crippen molar-refractivity contribution in [3.05, 3.63) is 65.7 Å². The van der Waals surface area contributed by atoms with Crippen molar-refractivity contribution >= 4 is 5.78 Å². The van der Waals surface area contributed by atoms with Gasteiger partial charge in [0.1, 0.15) is 5.75 Å². The van der Waals surface area contributed by atoms with E-state index < -0.39 is 0 Å². The van der Waals surface area contributed by atoms with Crippen molar-refractivity contribution in [2.45, 2.75) is 6.54 Å². The summed E-state index contributed by atoms with van der Waals surface area (Å²) >= 11 is 0. The number of carbonyl (C=O) groups excluding carboxylic acids is 1. The Morgan fingerprint density at radius 1 is 1.05 bits per heavy atom. The Kier molecular flexibility index (Phi) is 4.70. The zero-order valence-corrected chi connectivity index (χ0v) is 10.9. The van der Waals surface area contributed by atoms with Crippen LogP contribution < -0.4 is 10.1 Å². The molecule has 1 N–H and O–H groups in total. The van der Waals surface area contributed by atoms with Crippen LogP contribution in [-0.2, 0) is 6.54 Å². The summed E-state index contributed by atoms with van der Waals surface area (Å²) < 4.78 is 5.06. The molecule has 0 amide bonds. The van der Waals surface area contributed by atoms with E-state index in [0.717, 1.165) is 5.75 Å². The fraction of sp³-hybridized carbons (Fsp3) is 0.188. The number of rotatable bonds is 6. The van der Waals surface area contributed by atoms with E-state index in [9.17, 15) is 4.79 Å². The summed E-state index contributed by atoms with van der Waals surface area (Å²) in [6, 6.07) is 17.2. The van der Waals surface area contributed by atoms with Gasteiger partial charge in [-0.3, -0.25) is 4.79 Å². The number of methoxy groups -OCH3 is 1. The molecule has 0 atom stereocenters. The Morgan fingerprint density at radius 2 is 1.74 bits per heavy atom. The molecule has 0 spiro atoms. The minimum absolute atomic E-state index is 0.0820. The molecule has 2 aromatic rings. The van der Waals surface area contributed by atoms with Crippen LogP contribution in [0.25, 0.3) is 0 Å². The Hall–Kier alpha value is -2.13. The Labute approximate surface area is 113 Å². The van der Waals surface area contributed by atoms with Crippen LogP contribution in [0.5, 0.6) is 5.75 Å². The second-order valence-corrected chi connectivity index (χ2v) is 4.24. The highest BCUT2D eigenvalue weighted by Gasteiger charge is 2.05. The summed E-state index contributed by atoms with van der Waals surface area (Å²) in [6.45, 7) is 1.03. The largest absolute Gasteiger partial charge is 0.497 e. The molecule has 3 nitrogen and oxygen atoms in total. The molecule has 2 rings (SSSR count). The van der Waals surface area contributed by atoms with Crippen molar-refractivity contribution in [1.82, 2.24) is 5.32 Å². The van der Waals surface area contributed by atoms with Crippen LogP contribution in [0, 0.1) is 0 Å². The summed E-state index contributed by atoms with van der Waals surface area (Å²) in [5.41, 5.74) is 1.87. The first-order valence-electron chi connectivity index (χ1n) is 6.21. The average Bonchev–Trinajstić information content (AvgIpc) is 2.48. The third-order valence-corrected chi connectivity index (χ3v) is 2.87. The molecule has 0 aliphatic rings. The second kappa shape index (κ2) is 6.71. The minimum atomic E-state index is 0.0820. The van der Waals surface area contributed by atoms with Gasteiger partial charge >= 0.3 is 0 Å². The first kappa shape index (κ1) is 13.3. The van der Waals surface area contributed by atoms with Crippen LogP contribution in [0.15, 0.2) is 54.6 Å². The van der Waals surface area contributed by atoms with Gasteiger partial charge in [0.15, 0.2) is 5.78 Å². The molecular formula is C16H17NO2. The average molecular weight is 255 g/mol. The lowest BCUT2D eigenvalue weighted by Gasteiger charge is -2.05. The quantitative estimate of drug-likeness (QED) is 0.806. The summed E-state index contributed by atoms with van der Waals surface area (Å²) in [5.74, 6) is 0.840. The normalized spacial score (nSPS) is 10.2. The van der Waals surface area contributed by atoms with Crippen molar-refractivity contribution in [3.8, 4) is 5.75 Å². The third kappa shape index (κ3) is 3.93. The maximum atomic E-state index is 11.9. The molecule has 0 bridgehead atoms. The van der Waals surface area contributed by atoms with E-state index in [2.05, 4.69) is 5.32 Å². The molecule has 0 radical (unpaired) electrons. The molecule has 98 valence electrons. The van der Waals surface area contributed by atoms with Crippen LogP contribution in [0.4, 0.5) is 0 Å². The Balaban J connectivity index is 1.84. The number of hydrogen-bond donors (Lipinski definition) is 1. The van der Waals surface area contributed by atoms with Crippen molar-refractivity contribution < 1.29 is 9.53 Å². The highest BCUT2D eigenvalue weighted by atomic mass is 16.5. The fourth-order valence-corrected chi connectivity index (χ4v) is 1.80. The van der Waals surface area contributed by atoms with E-state index in [1.54, 1.807) is 31.4 Å². The minimum Gasteiger partial charge on any atom is -0.497 e.